The number of aryl methyl sites for hydroxylation is 1. The zero-order valence-corrected chi connectivity index (χ0v) is 16.9. The molecule has 2 heterocycles. The Balaban J connectivity index is 1.73. The summed E-state index contributed by atoms with van der Waals surface area (Å²) in [4.78, 5) is 14.8. The summed E-state index contributed by atoms with van der Waals surface area (Å²) in [5.41, 5.74) is 3.72. The van der Waals surface area contributed by atoms with Crippen LogP contribution in [0, 0.1) is 6.92 Å². The lowest BCUT2D eigenvalue weighted by atomic mass is 9.95. The minimum Gasteiger partial charge on any atom is -0.477 e. The number of fused-ring (bicyclic) bond motifs is 6. The van der Waals surface area contributed by atoms with Crippen molar-refractivity contribution in [3.8, 4) is 5.75 Å². The molecule has 4 aromatic rings. The molecule has 1 atom stereocenters. The summed E-state index contributed by atoms with van der Waals surface area (Å²) < 4.78 is 12.4. The van der Waals surface area contributed by atoms with Crippen molar-refractivity contribution in [1.82, 2.24) is 4.90 Å². The molecule has 0 unspecified atom stereocenters. The molecule has 0 aliphatic carbocycles. The molecule has 0 bridgehead atoms. The minimum atomic E-state index is 0.0203. The minimum absolute atomic E-state index is 0.0203. The third kappa shape index (κ3) is 2.75. The number of nitrogens with zero attached hydrogens (tertiary/aromatic N) is 1. The van der Waals surface area contributed by atoms with Gasteiger partial charge in [-0.25, -0.2) is 0 Å². The van der Waals surface area contributed by atoms with Gasteiger partial charge in [0, 0.05) is 34.3 Å². The molecule has 1 aliphatic heterocycles. The molecule has 0 spiro atoms. The van der Waals surface area contributed by atoms with E-state index in [9.17, 15) is 4.79 Å². The van der Waals surface area contributed by atoms with Gasteiger partial charge in [0.05, 0.1) is 5.56 Å². The molecule has 146 valence electrons. The van der Waals surface area contributed by atoms with Crippen molar-refractivity contribution < 1.29 is 13.9 Å². The molecule has 0 N–H and O–H groups in total. The van der Waals surface area contributed by atoms with E-state index in [0.717, 1.165) is 33.1 Å². The van der Waals surface area contributed by atoms with E-state index >= 15 is 0 Å². The molecule has 0 saturated heterocycles. The maximum absolute atomic E-state index is 12.5. The van der Waals surface area contributed by atoms with Crippen molar-refractivity contribution >= 4 is 27.5 Å². The summed E-state index contributed by atoms with van der Waals surface area (Å²) in [6.07, 6.45) is 0. The van der Waals surface area contributed by atoms with E-state index in [-0.39, 0.29) is 11.8 Å². The normalized spacial score (nSPS) is 15.3. The number of furan rings is 1. The maximum Gasteiger partial charge on any atom is 0.163 e. The molecule has 0 fully saturated rings. The van der Waals surface area contributed by atoms with Crippen molar-refractivity contribution in [1.29, 1.82) is 0 Å². The quantitative estimate of drug-likeness (QED) is 0.405. The highest BCUT2D eigenvalue weighted by molar-refractivity contribution is 6.17. The zero-order chi connectivity index (χ0) is 20.1. The van der Waals surface area contributed by atoms with E-state index < -0.39 is 0 Å². The first-order chi connectivity index (χ1) is 14.1. The number of benzene rings is 3. The summed E-state index contributed by atoms with van der Waals surface area (Å²) in [7, 11) is 0. The van der Waals surface area contributed by atoms with E-state index in [1.165, 1.54) is 5.56 Å². The van der Waals surface area contributed by atoms with Gasteiger partial charge in [-0.2, -0.15) is 0 Å². The van der Waals surface area contributed by atoms with Crippen LogP contribution >= 0.6 is 0 Å². The van der Waals surface area contributed by atoms with Crippen molar-refractivity contribution in [3.63, 3.8) is 0 Å². The number of rotatable bonds is 3. The molecule has 3 aromatic carbocycles. The predicted molar refractivity (Wildman–Crippen MR) is 114 cm³/mol. The Hall–Kier alpha value is -3.11. The Morgan fingerprint density at radius 3 is 2.45 bits per heavy atom. The highest BCUT2D eigenvalue weighted by Gasteiger charge is 2.30. The molecule has 0 saturated carbocycles. The number of Topliss-reactive ketones (excluding diaryl/α,β-unsaturated/α-hetero) is 1. The summed E-state index contributed by atoms with van der Waals surface area (Å²) >= 11 is 0. The summed E-state index contributed by atoms with van der Waals surface area (Å²) in [5, 5.41) is 2.92. The number of carbonyl (C=O) groups excluding carboxylic acids is 1. The first-order valence-electron chi connectivity index (χ1n) is 9.95. The zero-order valence-electron chi connectivity index (χ0n) is 16.9. The van der Waals surface area contributed by atoms with Crippen LogP contribution in [0.15, 0.2) is 59.0 Å². The van der Waals surface area contributed by atoms with Gasteiger partial charge in [0.1, 0.15) is 23.8 Å². The number of ketones is 1. The Morgan fingerprint density at radius 1 is 1.03 bits per heavy atom. The summed E-state index contributed by atoms with van der Waals surface area (Å²) in [5.74, 6) is 1.55. The van der Waals surface area contributed by atoms with Gasteiger partial charge >= 0.3 is 0 Å². The van der Waals surface area contributed by atoms with Crippen molar-refractivity contribution in [2.75, 3.05) is 6.73 Å². The molecule has 0 amide bonds. The number of hydrogen-bond acceptors (Lipinski definition) is 4. The fraction of sp³-hybridized carbons (Fsp3) is 0.240. The van der Waals surface area contributed by atoms with Crippen LogP contribution in [0.3, 0.4) is 0 Å². The lowest BCUT2D eigenvalue weighted by molar-refractivity contribution is 0.0640. The van der Waals surface area contributed by atoms with Gasteiger partial charge in [-0.1, -0.05) is 54.6 Å². The van der Waals surface area contributed by atoms with Crippen LogP contribution in [0.2, 0.25) is 0 Å². The maximum atomic E-state index is 12.5. The van der Waals surface area contributed by atoms with Crippen LogP contribution in [0.5, 0.6) is 5.75 Å². The van der Waals surface area contributed by atoms with Gasteiger partial charge in [0.2, 0.25) is 0 Å². The summed E-state index contributed by atoms with van der Waals surface area (Å²) in [6.45, 7) is 6.87. The highest BCUT2D eigenvalue weighted by Crippen LogP contribution is 2.45. The topological polar surface area (TPSA) is 42.7 Å². The Morgan fingerprint density at radius 2 is 1.72 bits per heavy atom. The lowest BCUT2D eigenvalue weighted by Crippen LogP contribution is -2.34. The Kier molecular flexibility index (Phi) is 4.18. The number of carbonyl (C=O) groups is 1. The van der Waals surface area contributed by atoms with Gasteiger partial charge in [-0.15, -0.1) is 0 Å². The molecule has 0 radical (unpaired) electrons. The second kappa shape index (κ2) is 6.75. The smallest absolute Gasteiger partial charge is 0.163 e. The second-order valence-corrected chi connectivity index (χ2v) is 7.75. The van der Waals surface area contributed by atoms with Gasteiger partial charge in [-0.3, -0.25) is 9.69 Å². The Bertz CT molecular complexity index is 1240. The van der Waals surface area contributed by atoms with Gasteiger partial charge < -0.3 is 9.15 Å². The molecule has 4 heteroatoms. The van der Waals surface area contributed by atoms with Crippen LogP contribution < -0.4 is 4.74 Å². The van der Waals surface area contributed by atoms with E-state index in [2.05, 4.69) is 42.2 Å². The van der Waals surface area contributed by atoms with E-state index in [4.69, 9.17) is 9.15 Å². The average Bonchev–Trinajstić information content (AvgIpc) is 3.11. The van der Waals surface area contributed by atoms with Crippen molar-refractivity contribution in [2.45, 2.75) is 33.4 Å². The van der Waals surface area contributed by atoms with Crippen LogP contribution in [0.25, 0.3) is 21.7 Å². The van der Waals surface area contributed by atoms with Crippen LogP contribution in [-0.2, 0) is 6.54 Å². The third-order valence-electron chi connectivity index (χ3n) is 5.99. The molecule has 29 heavy (non-hydrogen) atoms. The fourth-order valence-electron chi connectivity index (χ4n) is 4.50. The van der Waals surface area contributed by atoms with E-state index in [1.807, 2.05) is 31.2 Å². The fourth-order valence-corrected chi connectivity index (χ4v) is 4.50. The summed E-state index contributed by atoms with van der Waals surface area (Å²) in [6, 6.07) is 18.7. The monoisotopic (exact) mass is 385 g/mol. The van der Waals surface area contributed by atoms with Crippen molar-refractivity contribution in [2.24, 2.45) is 0 Å². The van der Waals surface area contributed by atoms with Gasteiger partial charge in [0.15, 0.2) is 5.78 Å². The highest BCUT2D eigenvalue weighted by atomic mass is 16.5. The molecule has 4 nitrogen and oxygen atoms in total. The van der Waals surface area contributed by atoms with Crippen LogP contribution in [-0.4, -0.2) is 17.4 Å². The first-order valence-corrected chi connectivity index (χ1v) is 9.95. The van der Waals surface area contributed by atoms with Crippen LogP contribution in [0.1, 0.15) is 47.1 Å². The molecule has 1 aromatic heterocycles. The predicted octanol–water partition coefficient (Wildman–Crippen LogP) is 6.01. The Labute approximate surface area is 169 Å². The lowest BCUT2D eigenvalue weighted by Gasteiger charge is -2.34. The average molecular weight is 385 g/mol. The van der Waals surface area contributed by atoms with E-state index in [0.29, 0.717) is 24.6 Å². The number of hydrogen-bond donors (Lipinski definition) is 0. The second-order valence-electron chi connectivity index (χ2n) is 7.75. The standard InChI is InChI=1S/C25H23NO3/c1-15(18-9-5-4-6-10-18)26-13-21-23-22(16(2)27)17(3)29-25(23)20-12-8-7-11-19(20)24(21)28-14-26/h4-12,15H,13-14H2,1-3H3/t15-/m1/s1. The van der Waals surface area contributed by atoms with Gasteiger partial charge in [-0.05, 0) is 26.3 Å². The largest absolute Gasteiger partial charge is 0.477 e. The SMILES string of the molecule is CC(=O)c1c(C)oc2c1c1c(c3ccccc32)OCN([C@H](C)c2ccccc2)C1. The molecular weight excluding hydrogens is 362 g/mol. The van der Waals surface area contributed by atoms with Crippen molar-refractivity contribution in [3.05, 3.63) is 77.0 Å². The molecule has 1 aliphatic rings. The first kappa shape index (κ1) is 18.0. The van der Waals surface area contributed by atoms with E-state index in [1.54, 1.807) is 6.92 Å². The van der Waals surface area contributed by atoms with Gasteiger partial charge in [0.25, 0.3) is 0 Å². The molecular formula is C25H23NO3. The number of ether oxygens (including phenoxy) is 1. The van der Waals surface area contributed by atoms with Crippen LogP contribution in [0.4, 0.5) is 0 Å². The molecule has 5 rings (SSSR count). The third-order valence-corrected chi connectivity index (χ3v) is 5.99.